The van der Waals surface area contributed by atoms with Crippen molar-refractivity contribution in [2.75, 3.05) is 5.32 Å². The highest BCUT2D eigenvalue weighted by molar-refractivity contribution is 7.12. The van der Waals surface area contributed by atoms with Crippen molar-refractivity contribution in [3.05, 3.63) is 40.0 Å². The number of thiophene rings is 1. The van der Waals surface area contributed by atoms with Crippen molar-refractivity contribution < 1.29 is 0 Å². The lowest BCUT2D eigenvalue weighted by atomic mass is 10.2. The van der Waals surface area contributed by atoms with Gasteiger partial charge in [0.05, 0.1) is 6.04 Å². The molecular weight excluding hydrogens is 258 g/mol. The first-order valence-corrected chi connectivity index (χ1v) is 6.95. The second kappa shape index (κ2) is 4.62. The molecule has 1 atom stereocenters. The molecule has 19 heavy (non-hydrogen) atoms. The Hall–Kier alpha value is -1.95. The molecule has 6 heteroatoms. The number of nitrogens with one attached hydrogen (secondary N) is 1. The molecule has 0 amide bonds. The van der Waals surface area contributed by atoms with Gasteiger partial charge < -0.3 is 5.32 Å². The minimum atomic E-state index is 0.230. The third kappa shape index (κ3) is 2.31. The largest absolute Gasteiger partial charge is 0.363 e. The average molecular weight is 273 g/mol. The normalized spacial score (nSPS) is 12.8. The lowest BCUT2D eigenvalue weighted by Crippen LogP contribution is -2.10. The molecule has 0 bridgehead atoms. The molecule has 3 aromatic rings. The Morgan fingerprint density at radius 1 is 1.32 bits per heavy atom. The monoisotopic (exact) mass is 273 g/mol. The van der Waals surface area contributed by atoms with Crippen LogP contribution >= 0.6 is 11.3 Å². The molecule has 0 saturated carbocycles. The Kier molecular flexibility index (Phi) is 2.94. The summed E-state index contributed by atoms with van der Waals surface area (Å²) in [5, 5.41) is 7.67. The zero-order chi connectivity index (χ0) is 13.4. The van der Waals surface area contributed by atoms with E-state index in [1.165, 1.54) is 16.1 Å². The molecule has 0 radical (unpaired) electrons. The fourth-order valence-corrected chi connectivity index (χ4v) is 2.89. The number of hydrogen-bond acceptors (Lipinski definition) is 5. The van der Waals surface area contributed by atoms with Crippen LogP contribution in [0.5, 0.6) is 0 Å². The van der Waals surface area contributed by atoms with Gasteiger partial charge in [0.15, 0.2) is 0 Å². The number of nitrogens with zero attached hydrogens (tertiary/aromatic N) is 4. The summed E-state index contributed by atoms with van der Waals surface area (Å²) >= 11 is 1.80. The van der Waals surface area contributed by atoms with Crippen molar-refractivity contribution in [3.8, 4) is 0 Å². The van der Waals surface area contributed by atoms with E-state index in [1.807, 2.05) is 13.0 Å². The number of fused-ring (bicyclic) bond motifs is 1. The molecule has 0 aliphatic heterocycles. The number of aromatic nitrogens is 4. The van der Waals surface area contributed by atoms with E-state index in [0.717, 1.165) is 11.5 Å². The van der Waals surface area contributed by atoms with Crippen LogP contribution in [0.25, 0.3) is 5.78 Å². The van der Waals surface area contributed by atoms with Crippen molar-refractivity contribution in [1.82, 2.24) is 19.6 Å². The zero-order valence-corrected chi connectivity index (χ0v) is 11.9. The summed E-state index contributed by atoms with van der Waals surface area (Å²) in [5.74, 6) is 1.54. The summed E-state index contributed by atoms with van der Waals surface area (Å²) in [7, 11) is 0. The third-order valence-electron chi connectivity index (χ3n) is 2.93. The maximum atomic E-state index is 4.33. The second-order valence-corrected chi connectivity index (χ2v) is 5.89. The van der Waals surface area contributed by atoms with Gasteiger partial charge in [-0.1, -0.05) is 0 Å². The molecule has 3 aromatic heterocycles. The Labute approximate surface area is 115 Å². The molecule has 0 aromatic carbocycles. The predicted octanol–water partition coefficient (Wildman–Crippen LogP) is 2.98. The summed E-state index contributed by atoms with van der Waals surface area (Å²) in [4.78, 5) is 11.1. The molecule has 1 unspecified atom stereocenters. The van der Waals surface area contributed by atoms with E-state index in [2.05, 4.69) is 46.4 Å². The van der Waals surface area contributed by atoms with Crippen molar-refractivity contribution in [1.29, 1.82) is 0 Å². The van der Waals surface area contributed by atoms with Crippen LogP contribution in [0.3, 0.4) is 0 Å². The maximum Gasteiger partial charge on any atom is 0.254 e. The molecule has 3 rings (SSSR count). The molecule has 98 valence electrons. The number of anilines is 1. The van der Waals surface area contributed by atoms with Gasteiger partial charge in [-0.2, -0.15) is 14.6 Å². The molecule has 0 saturated heterocycles. The summed E-state index contributed by atoms with van der Waals surface area (Å²) in [6, 6.07) is 6.51. The fourth-order valence-electron chi connectivity index (χ4n) is 2.01. The molecule has 0 spiro atoms. The molecule has 5 nitrogen and oxygen atoms in total. The van der Waals surface area contributed by atoms with Gasteiger partial charge in [-0.15, -0.1) is 11.3 Å². The van der Waals surface area contributed by atoms with Crippen molar-refractivity contribution in [3.63, 3.8) is 0 Å². The van der Waals surface area contributed by atoms with Gasteiger partial charge in [-0.05, 0) is 32.9 Å². The van der Waals surface area contributed by atoms with Gasteiger partial charge in [0, 0.05) is 21.5 Å². The Bertz CT molecular complexity index is 715. The molecule has 3 heterocycles. The van der Waals surface area contributed by atoms with Gasteiger partial charge in [-0.25, -0.2) is 4.98 Å². The van der Waals surface area contributed by atoms with Crippen LogP contribution in [0.2, 0.25) is 0 Å². The first-order valence-electron chi connectivity index (χ1n) is 6.14. The zero-order valence-electron chi connectivity index (χ0n) is 11.1. The van der Waals surface area contributed by atoms with E-state index in [-0.39, 0.29) is 6.04 Å². The topological polar surface area (TPSA) is 55.1 Å². The quantitative estimate of drug-likeness (QED) is 0.797. The van der Waals surface area contributed by atoms with Gasteiger partial charge in [0.1, 0.15) is 12.1 Å². The second-order valence-electron chi connectivity index (χ2n) is 4.57. The van der Waals surface area contributed by atoms with E-state index in [1.54, 1.807) is 15.9 Å². The van der Waals surface area contributed by atoms with Crippen molar-refractivity contribution in [2.24, 2.45) is 0 Å². The average Bonchev–Trinajstić information content (AvgIpc) is 2.97. The third-order valence-corrected chi connectivity index (χ3v) is 4.12. The number of hydrogen-bond donors (Lipinski definition) is 1. The summed E-state index contributed by atoms with van der Waals surface area (Å²) in [6.07, 6.45) is 1.52. The van der Waals surface area contributed by atoms with Crippen LogP contribution in [0.15, 0.2) is 24.5 Å². The Morgan fingerprint density at radius 3 is 2.89 bits per heavy atom. The highest BCUT2D eigenvalue weighted by Gasteiger charge is 2.11. The first kappa shape index (κ1) is 12.1. The van der Waals surface area contributed by atoms with Gasteiger partial charge >= 0.3 is 0 Å². The summed E-state index contributed by atoms with van der Waals surface area (Å²) in [5.41, 5.74) is 0.928. The molecule has 0 aliphatic carbocycles. The maximum absolute atomic E-state index is 4.33. The van der Waals surface area contributed by atoms with Gasteiger partial charge in [0.2, 0.25) is 0 Å². The highest BCUT2D eigenvalue weighted by atomic mass is 32.1. The van der Waals surface area contributed by atoms with E-state index in [9.17, 15) is 0 Å². The summed E-state index contributed by atoms with van der Waals surface area (Å²) in [6.45, 7) is 6.22. The Balaban J connectivity index is 1.94. The fraction of sp³-hybridized carbons (Fsp3) is 0.308. The standard InChI is InChI=1S/C13H15N5S/c1-8-6-12(18-13(16-8)14-7-15-18)17-10(3)11-5-4-9(2)19-11/h4-7,10,17H,1-3H3. The van der Waals surface area contributed by atoms with Crippen LogP contribution in [0.4, 0.5) is 5.82 Å². The Morgan fingerprint density at radius 2 is 2.16 bits per heavy atom. The highest BCUT2D eigenvalue weighted by Crippen LogP contribution is 2.25. The van der Waals surface area contributed by atoms with E-state index >= 15 is 0 Å². The first-order chi connectivity index (χ1) is 9.13. The van der Waals surface area contributed by atoms with Crippen molar-refractivity contribution in [2.45, 2.75) is 26.8 Å². The molecular formula is C13H15N5S. The minimum Gasteiger partial charge on any atom is -0.363 e. The smallest absolute Gasteiger partial charge is 0.254 e. The van der Waals surface area contributed by atoms with E-state index < -0.39 is 0 Å². The predicted molar refractivity (Wildman–Crippen MR) is 76.6 cm³/mol. The van der Waals surface area contributed by atoms with Crippen LogP contribution in [-0.4, -0.2) is 19.6 Å². The lowest BCUT2D eigenvalue weighted by molar-refractivity contribution is 0.850. The van der Waals surface area contributed by atoms with E-state index in [0.29, 0.717) is 5.78 Å². The van der Waals surface area contributed by atoms with Crippen LogP contribution < -0.4 is 5.32 Å². The van der Waals surface area contributed by atoms with E-state index in [4.69, 9.17) is 0 Å². The number of rotatable bonds is 3. The van der Waals surface area contributed by atoms with Gasteiger partial charge in [-0.3, -0.25) is 0 Å². The lowest BCUT2D eigenvalue weighted by Gasteiger charge is -2.14. The minimum absolute atomic E-state index is 0.230. The molecule has 1 N–H and O–H groups in total. The SMILES string of the molecule is Cc1cc(NC(C)c2ccc(C)s2)n2ncnc2n1. The number of aryl methyl sites for hydroxylation is 2. The molecule has 0 aliphatic rings. The molecule has 0 fully saturated rings. The van der Waals surface area contributed by atoms with Crippen molar-refractivity contribution >= 4 is 22.9 Å². The van der Waals surface area contributed by atoms with Crippen LogP contribution in [0, 0.1) is 13.8 Å². The summed E-state index contributed by atoms with van der Waals surface area (Å²) < 4.78 is 1.73. The van der Waals surface area contributed by atoms with Crippen LogP contribution in [0.1, 0.15) is 28.4 Å². The van der Waals surface area contributed by atoms with Crippen LogP contribution in [-0.2, 0) is 0 Å². The van der Waals surface area contributed by atoms with Gasteiger partial charge in [0.25, 0.3) is 5.78 Å².